The van der Waals surface area contributed by atoms with Crippen LogP contribution < -0.4 is 0 Å². The van der Waals surface area contributed by atoms with Gasteiger partial charge in [0, 0.05) is 23.9 Å². The molecule has 2 aliphatic rings. The summed E-state index contributed by atoms with van der Waals surface area (Å²) in [6, 6.07) is 30.3. The summed E-state index contributed by atoms with van der Waals surface area (Å²) >= 11 is 2.97. The van der Waals surface area contributed by atoms with Crippen molar-refractivity contribution in [2.45, 2.75) is 33.4 Å². The Labute approximate surface area is 256 Å². The maximum Gasteiger partial charge on any atom is 0.265 e. The van der Waals surface area contributed by atoms with Gasteiger partial charge >= 0.3 is 0 Å². The van der Waals surface area contributed by atoms with Crippen LogP contribution in [-0.4, -0.2) is 39.5 Å². The van der Waals surface area contributed by atoms with Gasteiger partial charge in [-0.25, -0.2) is 16.8 Å². The molecular weight excluding hydrogens is 605 g/mol. The molecule has 0 atom stereocenters. The molecule has 0 aromatic heterocycles. The molecule has 6 rings (SSSR count). The predicted molar refractivity (Wildman–Crippen MR) is 173 cm³/mol. The fourth-order valence-electron chi connectivity index (χ4n) is 4.33. The van der Waals surface area contributed by atoms with E-state index in [1.54, 1.807) is 26.2 Å². The molecule has 0 radical (unpaired) electrons. The second-order valence-electron chi connectivity index (χ2n) is 9.84. The summed E-state index contributed by atoms with van der Waals surface area (Å²) in [5.74, 6) is 0. The van der Waals surface area contributed by atoms with E-state index in [1.807, 2.05) is 111 Å². The lowest BCUT2D eigenvalue weighted by Gasteiger charge is -2.28. The number of sulfonamides is 2. The number of rotatable bonds is 2. The van der Waals surface area contributed by atoms with Crippen LogP contribution in [0, 0.1) is 13.8 Å². The van der Waals surface area contributed by atoms with Gasteiger partial charge in [-0.05, 0) is 72.5 Å². The Morgan fingerprint density at radius 1 is 0.548 bits per heavy atom. The molecule has 0 saturated heterocycles. The van der Waals surface area contributed by atoms with Gasteiger partial charge in [0.05, 0.1) is 10.1 Å². The highest BCUT2D eigenvalue weighted by atomic mass is 32.2. The van der Waals surface area contributed by atoms with Gasteiger partial charge in [-0.3, -0.25) is 8.61 Å². The van der Waals surface area contributed by atoms with Gasteiger partial charge < -0.3 is 0 Å². The third kappa shape index (κ3) is 6.17. The summed E-state index contributed by atoms with van der Waals surface area (Å²) in [5, 5.41) is 1.42. The van der Waals surface area contributed by atoms with E-state index >= 15 is 0 Å². The molecule has 4 aromatic carbocycles. The first-order chi connectivity index (χ1) is 20.0. The maximum absolute atomic E-state index is 12.6. The van der Waals surface area contributed by atoms with Crippen molar-refractivity contribution < 1.29 is 16.8 Å². The van der Waals surface area contributed by atoms with Gasteiger partial charge in [0.15, 0.2) is 0 Å². The number of aryl methyl sites for hydroxylation is 2. The van der Waals surface area contributed by atoms with Gasteiger partial charge in [-0.2, -0.15) is 0 Å². The van der Waals surface area contributed by atoms with E-state index in [-0.39, 0.29) is 0 Å². The monoisotopic (exact) mass is 634 g/mol. The zero-order valence-electron chi connectivity index (χ0n) is 23.6. The van der Waals surface area contributed by atoms with Crippen LogP contribution in [0.2, 0.25) is 0 Å². The van der Waals surface area contributed by atoms with Crippen molar-refractivity contribution in [3.05, 3.63) is 129 Å². The lowest BCUT2D eigenvalue weighted by Crippen LogP contribution is -2.28. The van der Waals surface area contributed by atoms with Gasteiger partial charge in [0.1, 0.15) is 9.79 Å². The smallest absolute Gasteiger partial charge is 0.263 e. The van der Waals surface area contributed by atoms with E-state index in [2.05, 4.69) is 0 Å². The summed E-state index contributed by atoms with van der Waals surface area (Å²) in [6.07, 6.45) is 3.79. The Hall–Kier alpha value is -3.44. The van der Waals surface area contributed by atoms with Crippen molar-refractivity contribution in [3.8, 4) is 0 Å². The van der Waals surface area contributed by atoms with Crippen molar-refractivity contribution in [2.75, 3.05) is 14.1 Å². The van der Waals surface area contributed by atoms with Crippen LogP contribution in [0.25, 0.3) is 12.2 Å². The molecule has 42 heavy (non-hydrogen) atoms. The first-order valence-electron chi connectivity index (χ1n) is 13.1. The van der Waals surface area contributed by atoms with E-state index in [4.69, 9.17) is 0 Å². The van der Waals surface area contributed by atoms with E-state index in [0.717, 1.165) is 32.0 Å². The fraction of sp³-hybridized carbons (Fsp3) is 0.125. The number of hydrogen-bond acceptors (Lipinski definition) is 6. The summed E-state index contributed by atoms with van der Waals surface area (Å²) in [4.78, 5) is 2.34. The molecule has 0 spiro atoms. The highest BCUT2D eigenvalue weighted by Gasteiger charge is 2.33. The molecule has 0 N–H and O–H groups in total. The highest BCUT2D eigenvalue weighted by Crippen LogP contribution is 2.44. The van der Waals surface area contributed by atoms with Crippen molar-refractivity contribution >= 4 is 55.7 Å². The first kappa shape index (κ1) is 30.0. The predicted octanol–water partition coefficient (Wildman–Crippen LogP) is 7.44. The average molecular weight is 635 g/mol. The lowest BCUT2D eigenvalue weighted by molar-refractivity contribution is 0.530. The molecule has 0 saturated carbocycles. The molecule has 0 bridgehead atoms. The van der Waals surface area contributed by atoms with E-state index in [0.29, 0.717) is 19.8 Å². The molecule has 0 aliphatic carbocycles. The molecule has 4 aromatic rings. The third-order valence-electron chi connectivity index (χ3n) is 6.70. The number of fused-ring (bicyclic) bond motifs is 2. The molecule has 0 fully saturated rings. The third-order valence-corrected chi connectivity index (χ3v) is 13.2. The van der Waals surface area contributed by atoms with Gasteiger partial charge in [-0.15, -0.1) is 0 Å². The Morgan fingerprint density at radius 2 is 0.905 bits per heavy atom. The van der Waals surface area contributed by atoms with E-state index in [9.17, 15) is 16.8 Å². The lowest BCUT2D eigenvalue weighted by atomic mass is 10.2. The number of hydrogen-bond donors (Lipinski definition) is 0. The summed E-state index contributed by atoms with van der Waals surface area (Å²) < 4.78 is 53.0. The molecule has 10 heteroatoms. The summed E-state index contributed by atoms with van der Waals surface area (Å²) in [6.45, 7) is 3.93. The normalized spacial score (nSPS) is 18.6. The van der Waals surface area contributed by atoms with Crippen molar-refractivity contribution in [2.24, 2.45) is 0 Å². The minimum absolute atomic E-state index is 0.380. The summed E-state index contributed by atoms with van der Waals surface area (Å²) in [7, 11) is -3.73. The second kappa shape index (κ2) is 12.0. The molecule has 2 heterocycles. The average Bonchev–Trinajstić information content (AvgIpc) is 2.96. The van der Waals surface area contributed by atoms with E-state index < -0.39 is 20.0 Å². The Morgan fingerprint density at radius 3 is 1.26 bits per heavy atom. The molecular formula is C32H30N2O4S4. The molecule has 0 amide bonds. The van der Waals surface area contributed by atoms with Gasteiger partial charge in [0.25, 0.3) is 20.0 Å². The van der Waals surface area contributed by atoms with Crippen LogP contribution in [0.15, 0.2) is 127 Å². The molecule has 0 unspecified atom stereocenters. The first-order valence-corrected chi connectivity index (χ1v) is 17.6. The second-order valence-corrected chi connectivity index (χ2v) is 15.8. The van der Waals surface area contributed by atoms with Crippen LogP contribution in [0.3, 0.4) is 0 Å². The fourth-order valence-corrected chi connectivity index (χ4v) is 10.2. The van der Waals surface area contributed by atoms with Crippen LogP contribution in [0.1, 0.15) is 22.3 Å². The minimum Gasteiger partial charge on any atom is -0.263 e. The number of nitrogens with zero attached hydrogens (tertiary/aromatic N) is 2. The van der Waals surface area contributed by atoms with Gasteiger partial charge in [0.2, 0.25) is 0 Å². The quantitative estimate of drug-likeness (QED) is 0.228. The molecule has 2 aliphatic heterocycles. The number of benzene rings is 4. The van der Waals surface area contributed by atoms with Crippen molar-refractivity contribution in [1.29, 1.82) is 0 Å². The van der Waals surface area contributed by atoms with Crippen molar-refractivity contribution in [3.63, 3.8) is 0 Å². The van der Waals surface area contributed by atoms with Crippen LogP contribution in [-0.2, 0) is 20.0 Å². The topological polar surface area (TPSA) is 74.8 Å². The number of thioether (sulfide) groups is 2. The summed E-state index contributed by atoms with van der Waals surface area (Å²) in [5.41, 5.74) is 4.08. The standard InChI is InChI=1S/2C16H15NO2S2/c2*1-12-8-9-15-14(10-12)20-16(17(2)21(15,18)19)11-13-6-4-3-5-7-13/h2*3-11H,1-2H3/b2*16-11-. The Balaban J connectivity index is 0.000000168. The minimum atomic E-state index is -3.46. The largest absolute Gasteiger partial charge is 0.265 e. The highest BCUT2D eigenvalue weighted by molar-refractivity contribution is 8.06. The van der Waals surface area contributed by atoms with Gasteiger partial charge in [-0.1, -0.05) is 96.3 Å². The maximum atomic E-state index is 12.6. The van der Waals surface area contributed by atoms with Crippen molar-refractivity contribution in [1.82, 2.24) is 8.61 Å². The zero-order valence-corrected chi connectivity index (χ0v) is 26.8. The van der Waals surface area contributed by atoms with Crippen LogP contribution in [0.4, 0.5) is 0 Å². The zero-order chi connectivity index (χ0) is 30.1. The molecule has 6 nitrogen and oxygen atoms in total. The SMILES string of the molecule is Cc1ccc2c(c1)S/C(=C\c1ccccc1)N(C)S2(=O)=O.Cc1ccc2c(c1)S/C(=C\c1ccccc1)N(C)S2(=O)=O. The molecule has 216 valence electrons. The van der Waals surface area contributed by atoms with E-state index in [1.165, 1.54) is 32.1 Å². The van der Waals surface area contributed by atoms with Crippen LogP contribution >= 0.6 is 23.5 Å². The Bertz CT molecular complexity index is 1760. The Kier molecular flexibility index (Phi) is 8.61. The van der Waals surface area contributed by atoms with Crippen LogP contribution in [0.5, 0.6) is 0 Å².